The van der Waals surface area contributed by atoms with Gasteiger partial charge in [0.05, 0.1) is 6.54 Å². The summed E-state index contributed by atoms with van der Waals surface area (Å²) in [5, 5.41) is 8.29. The normalized spacial score (nSPS) is 16.1. The first kappa shape index (κ1) is 15.0. The number of aryl methyl sites for hydroxylation is 2. The van der Waals surface area contributed by atoms with E-state index in [0.29, 0.717) is 18.9 Å². The van der Waals surface area contributed by atoms with Crippen LogP contribution < -0.4 is 5.69 Å². The van der Waals surface area contributed by atoms with Crippen molar-refractivity contribution < 1.29 is 4.79 Å². The van der Waals surface area contributed by atoms with Crippen molar-refractivity contribution in [2.75, 3.05) is 13.1 Å². The summed E-state index contributed by atoms with van der Waals surface area (Å²) in [7, 11) is 1.66. The van der Waals surface area contributed by atoms with E-state index in [-0.39, 0.29) is 11.6 Å². The van der Waals surface area contributed by atoms with Gasteiger partial charge < -0.3 is 4.90 Å². The van der Waals surface area contributed by atoms with Crippen molar-refractivity contribution in [3.8, 4) is 0 Å². The average Bonchev–Trinajstić information content (AvgIpc) is 3.17. The van der Waals surface area contributed by atoms with Gasteiger partial charge in [0.2, 0.25) is 5.91 Å². The molecule has 118 valence electrons. The predicted molar refractivity (Wildman–Crippen MR) is 85.0 cm³/mol. The van der Waals surface area contributed by atoms with Gasteiger partial charge in [-0.1, -0.05) is 0 Å². The fourth-order valence-corrected chi connectivity index (χ4v) is 3.65. The second-order valence-electron chi connectivity index (χ2n) is 5.71. The zero-order chi connectivity index (χ0) is 15.5. The number of likely N-dealkylation sites (tertiary alicyclic amines) is 1. The zero-order valence-corrected chi connectivity index (χ0v) is 13.5. The summed E-state index contributed by atoms with van der Waals surface area (Å²) >= 11 is 1.73. The van der Waals surface area contributed by atoms with Crippen LogP contribution >= 0.6 is 11.3 Å². The number of carbonyl (C=O) groups is 1. The second-order valence-corrected chi connectivity index (χ2v) is 6.49. The fourth-order valence-electron chi connectivity index (χ4n) is 2.90. The lowest BCUT2D eigenvalue weighted by atomic mass is 9.91. The highest BCUT2D eigenvalue weighted by atomic mass is 32.1. The molecule has 2 aromatic heterocycles. The lowest BCUT2D eigenvalue weighted by Crippen LogP contribution is -2.38. The van der Waals surface area contributed by atoms with Crippen LogP contribution in [0.4, 0.5) is 0 Å². The van der Waals surface area contributed by atoms with E-state index >= 15 is 0 Å². The van der Waals surface area contributed by atoms with Gasteiger partial charge in [-0.15, -0.1) is 0 Å². The summed E-state index contributed by atoms with van der Waals surface area (Å²) in [5.41, 5.74) is 1.22. The molecule has 0 bridgehead atoms. The summed E-state index contributed by atoms with van der Waals surface area (Å²) < 4.78 is 2.76. The number of nitrogens with zero attached hydrogens (tertiary/aromatic N) is 4. The number of amides is 1. The molecule has 0 saturated carbocycles. The van der Waals surface area contributed by atoms with E-state index in [4.69, 9.17) is 0 Å². The molecule has 1 fully saturated rings. The van der Waals surface area contributed by atoms with E-state index in [9.17, 15) is 9.59 Å². The molecular weight excluding hydrogens is 300 g/mol. The van der Waals surface area contributed by atoms with E-state index in [0.717, 1.165) is 25.9 Å². The molecule has 0 aliphatic carbocycles. The van der Waals surface area contributed by atoms with Crippen molar-refractivity contribution in [2.45, 2.75) is 31.7 Å². The largest absolute Gasteiger partial charge is 0.345 e. The molecule has 3 rings (SSSR count). The molecule has 0 N–H and O–H groups in total. The Morgan fingerprint density at radius 1 is 1.41 bits per heavy atom. The first-order chi connectivity index (χ1) is 10.6. The van der Waals surface area contributed by atoms with Crippen LogP contribution in [0, 0.1) is 0 Å². The number of piperidine rings is 1. The Labute approximate surface area is 133 Å². The molecule has 3 heterocycles. The maximum Gasteiger partial charge on any atom is 0.345 e. The molecule has 0 unspecified atom stereocenters. The zero-order valence-electron chi connectivity index (χ0n) is 12.6. The molecule has 1 saturated heterocycles. The Balaban J connectivity index is 1.50. The van der Waals surface area contributed by atoms with Crippen molar-refractivity contribution in [3.63, 3.8) is 0 Å². The Hall–Kier alpha value is -1.89. The van der Waals surface area contributed by atoms with Gasteiger partial charge in [0.25, 0.3) is 0 Å². The van der Waals surface area contributed by atoms with Crippen molar-refractivity contribution in [2.24, 2.45) is 7.05 Å². The number of carbonyl (C=O) groups excluding carboxylic acids is 1. The minimum atomic E-state index is -0.177. The van der Waals surface area contributed by atoms with Crippen LogP contribution in [-0.2, 0) is 18.4 Å². The summed E-state index contributed by atoms with van der Waals surface area (Å²) in [6, 6.07) is 2.18. The number of thiophene rings is 1. The molecule has 1 amide bonds. The summed E-state index contributed by atoms with van der Waals surface area (Å²) in [6.07, 6.45) is 3.84. The van der Waals surface area contributed by atoms with Crippen LogP contribution in [0.15, 0.2) is 27.9 Å². The quantitative estimate of drug-likeness (QED) is 0.856. The van der Waals surface area contributed by atoms with Crippen molar-refractivity contribution >= 4 is 17.2 Å². The maximum absolute atomic E-state index is 12.3. The molecule has 0 spiro atoms. The van der Waals surface area contributed by atoms with Crippen LogP contribution in [0.25, 0.3) is 0 Å². The number of rotatable bonds is 4. The highest BCUT2D eigenvalue weighted by Gasteiger charge is 2.23. The molecule has 22 heavy (non-hydrogen) atoms. The van der Waals surface area contributed by atoms with Crippen LogP contribution in [0.2, 0.25) is 0 Å². The van der Waals surface area contributed by atoms with E-state index < -0.39 is 0 Å². The van der Waals surface area contributed by atoms with Crippen molar-refractivity contribution in [3.05, 3.63) is 39.2 Å². The fraction of sp³-hybridized carbons (Fsp3) is 0.533. The van der Waals surface area contributed by atoms with Gasteiger partial charge in [-0.2, -0.15) is 16.4 Å². The van der Waals surface area contributed by atoms with Gasteiger partial charge in [-0.05, 0) is 41.1 Å². The van der Waals surface area contributed by atoms with E-state index in [1.807, 2.05) is 4.90 Å². The van der Waals surface area contributed by atoms with E-state index in [2.05, 4.69) is 21.9 Å². The third-order valence-electron chi connectivity index (χ3n) is 4.29. The molecule has 1 aliphatic rings. The molecule has 0 atom stereocenters. The molecule has 6 nitrogen and oxygen atoms in total. The van der Waals surface area contributed by atoms with Gasteiger partial charge in [0.15, 0.2) is 0 Å². The monoisotopic (exact) mass is 320 g/mol. The van der Waals surface area contributed by atoms with E-state index in [1.54, 1.807) is 18.4 Å². The van der Waals surface area contributed by atoms with Crippen LogP contribution in [0.3, 0.4) is 0 Å². The van der Waals surface area contributed by atoms with Gasteiger partial charge in [-0.25, -0.2) is 9.48 Å². The number of hydrogen-bond donors (Lipinski definition) is 0. The van der Waals surface area contributed by atoms with Crippen molar-refractivity contribution in [1.82, 2.24) is 19.2 Å². The van der Waals surface area contributed by atoms with E-state index in [1.165, 1.54) is 21.1 Å². The number of hydrogen-bond acceptors (Lipinski definition) is 4. The third kappa shape index (κ3) is 3.14. The number of aromatic nitrogens is 3. The van der Waals surface area contributed by atoms with Crippen molar-refractivity contribution in [1.29, 1.82) is 0 Å². The standard InChI is InChI=1S/C15H20N4O2S/c1-17-11-16-19(15(17)21)8-4-14(20)18-6-2-12(3-7-18)13-5-9-22-10-13/h5,9-12H,2-4,6-8H2,1H3. The minimum absolute atomic E-state index is 0.112. The molecule has 1 aliphatic heterocycles. The Morgan fingerprint density at radius 3 is 2.77 bits per heavy atom. The molecular formula is C15H20N4O2S. The molecule has 0 aromatic carbocycles. The lowest BCUT2D eigenvalue weighted by molar-refractivity contribution is -0.132. The lowest BCUT2D eigenvalue weighted by Gasteiger charge is -2.31. The SMILES string of the molecule is Cn1cnn(CCC(=O)N2CCC(c3ccsc3)CC2)c1=O. The summed E-state index contributed by atoms with van der Waals surface area (Å²) in [5.74, 6) is 0.690. The van der Waals surface area contributed by atoms with Crippen LogP contribution in [0.5, 0.6) is 0 Å². The van der Waals surface area contributed by atoms with Crippen LogP contribution in [0.1, 0.15) is 30.7 Å². The minimum Gasteiger partial charge on any atom is -0.343 e. The maximum atomic E-state index is 12.3. The molecule has 2 aromatic rings. The summed E-state index contributed by atoms with van der Waals surface area (Å²) in [4.78, 5) is 25.8. The first-order valence-electron chi connectivity index (χ1n) is 7.53. The molecule has 0 radical (unpaired) electrons. The Kier molecular flexibility index (Phi) is 4.42. The average molecular weight is 320 g/mol. The summed E-state index contributed by atoms with van der Waals surface area (Å²) in [6.45, 7) is 1.95. The van der Waals surface area contributed by atoms with Crippen LogP contribution in [-0.4, -0.2) is 38.2 Å². The highest BCUT2D eigenvalue weighted by molar-refractivity contribution is 7.07. The van der Waals surface area contributed by atoms with Gasteiger partial charge in [0.1, 0.15) is 6.33 Å². The topological polar surface area (TPSA) is 60.1 Å². The van der Waals surface area contributed by atoms with Gasteiger partial charge in [-0.3, -0.25) is 9.36 Å². The Morgan fingerprint density at radius 2 is 2.18 bits per heavy atom. The molecule has 7 heteroatoms. The smallest absolute Gasteiger partial charge is 0.343 e. The van der Waals surface area contributed by atoms with Gasteiger partial charge in [0, 0.05) is 26.6 Å². The Bertz CT molecular complexity index is 681. The third-order valence-corrected chi connectivity index (χ3v) is 4.99. The van der Waals surface area contributed by atoms with Gasteiger partial charge >= 0.3 is 5.69 Å². The first-order valence-corrected chi connectivity index (χ1v) is 8.47. The predicted octanol–water partition coefficient (Wildman–Crippen LogP) is 1.44. The highest BCUT2D eigenvalue weighted by Crippen LogP contribution is 2.29. The second kappa shape index (κ2) is 6.48.